The first-order chi connectivity index (χ1) is 11.7. The van der Waals surface area contributed by atoms with Gasteiger partial charge in [-0.1, -0.05) is 56.9 Å². The van der Waals surface area contributed by atoms with Crippen LogP contribution < -0.4 is 0 Å². The van der Waals surface area contributed by atoms with E-state index in [0.717, 1.165) is 11.1 Å². The third-order valence-electron chi connectivity index (χ3n) is 4.91. The van der Waals surface area contributed by atoms with Crippen molar-refractivity contribution in [2.24, 2.45) is 0 Å². The first kappa shape index (κ1) is 20.5. The van der Waals surface area contributed by atoms with E-state index in [2.05, 4.69) is 57.8 Å². The molecule has 0 saturated carbocycles. The summed E-state index contributed by atoms with van der Waals surface area (Å²) in [5, 5.41) is 0.130. The molecule has 3 nitrogen and oxygen atoms in total. The lowest BCUT2D eigenvalue weighted by Crippen LogP contribution is -2.44. The number of rotatable bonds is 5. The van der Waals surface area contributed by atoms with E-state index in [1.54, 1.807) is 0 Å². The summed E-state index contributed by atoms with van der Waals surface area (Å²) >= 11 is 5.79. The Hall–Kier alpha value is -0.833. The predicted octanol–water partition coefficient (Wildman–Crippen LogP) is 4.91. The molecule has 0 amide bonds. The normalized spacial score (nSPS) is 17.2. The van der Waals surface area contributed by atoms with Gasteiger partial charge in [0.1, 0.15) is 6.10 Å². The predicted molar refractivity (Wildman–Crippen MR) is 105 cm³/mol. The smallest absolute Gasteiger partial charge is 0.193 e. The van der Waals surface area contributed by atoms with Gasteiger partial charge < -0.3 is 13.9 Å². The number of benzene rings is 1. The molecule has 1 aliphatic rings. The van der Waals surface area contributed by atoms with Crippen LogP contribution >= 0.6 is 11.6 Å². The highest BCUT2D eigenvalue weighted by atomic mass is 35.5. The van der Waals surface area contributed by atoms with E-state index in [1.807, 2.05) is 12.1 Å². The van der Waals surface area contributed by atoms with Crippen LogP contribution in [0.1, 0.15) is 38.2 Å². The minimum atomic E-state index is -1.93. The molecular weight excluding hydrogens is 352 g/mol. The van der Waals surface area contributed by atoms with Crippen LogP contribution in [0.3, 0.4) is 0 Å². The van der Waals surface area contributed by atoms with Gasteiger partial charge in [-0.2, -0.15) is 0 Å². The molecule has 25 heavy (non-hydrogen) atoms. The fourth-order valence-electron chi connectivity index (χ4n) is 2.49. The fraction of sp³-hybridized carbons (Fsp3) is 0.600. The largest absolute Gasteiger partial charge is 0.403 e. The van der Waals surface area contributed by atoms with Gasteiger partial charge in [-0.15, -0.1) is 11.6 Å². The van der Waals surface area contributed by atoms with Gasteiger partial charge in [-0.3, -0.25) is 0 Å². The number of ether oxygens (including phenoxy) is 2. The van der Waals surface area contributed by atoms with Crippen molar-refractivity contribution in [1.29, 1.82) is 0 Å². The summed E-state index contributed by atoms with van der Waals surface area (Å²) < 4.78 is 17.9. The van der Waals surface area contributed by atoms with E-state index < -0.39 is 8.32 Å². The highest BCUT2D eigenvalue weighted by Gasteiger charge is 2.39. The van der Waals surface area contributed by atoms with Crippen LogP contribution in [0.25, 0.3) is 0 Å². The second-order valence-electron chi connectivity index (χ2n) is 7.80. The van der Waals surface area contributed by atoms with Crippen molar-refractivity contribution >= 4 is 19.9 Å². The Labute approximate surface area is 158 Å². The number of hydrogen-bond donors (Lipinski definition) is 0. The van der Waals surface area contributed by atoms with Crippen molar-refractivity contribution in [3.05, 3.63) is 35.4 Å². The van der Waals surface area contributed by atoms with E-state index in [1.165, 1.54) is 0 Å². The van der Waals surface area contributed by atoms with Crippen molar-refractivity contribution in [2.45, 2.75) is 57.7 Å². The second-order valence-corrected chi connectivity index (χ2v) is 12.8. The summed E-state index contributed by atoms with van der Waals surface area (Å²) in [7, 11) is -1.93. The molecule has 0 aliphatic carbocycles. The summed E-state index contributed by atoms with van der Waals surface area (Å²) in [6.45, 7) is 12.5. The quantitative estimate of drug-likeness (QED) is 0.412. The maximum atomic E-state index is 6.55. The molecule has 0 bridgehead atoms. The summed E-state index contributed by atoms with van der Waals surface area (Å²) in [6, 6.07) is 8.21. The van der Waals surface area contributed by atoms with Gasteiger partial charge in [0, 0.05) is 12.0 Å². The summed E-state index contributed by atoms with van der Waals surface area (Å²) in [5.41, 5.74) is 2.22. The van der Waals surface area contributed by atoms with Crippen molar-refractivity contribution in [3.63, 3.8) is 0 Å². The molecule has 1 atom stereocenters. The van der Waals surface area contributed by atoms with Crippen LogP contribution in [0, 0.1) is 11.8 Å². The molecule has 5 heteroatoms. The molecule has 0 spiro atoms. The molecule has 1 saturated heterocycles. The van der Waals surface area contributed by atoms with Crippen LogP contribution in [0.4, 0.5) is 0 Å². The Morgan fingerprint density at radius 3 is 2.48 bits per heavy atom. The van der Waals surface area contributed by atoms with Gasteiger partial charge >= 0.3 is 0 Å². The minimum absolute atomic E-state index is 0.130. The van der Waals surface area contributed by atoms with E-state index in [0.29, 0.717) is 25.5 Å². The Morgan fingerprint density at radius 2 is 1.88 bits per heavy atom. The van der Waals surface area contributed by atoms with Crippen molar-refractivity contribution in [2.75, 3.05) is 19.1 Å². The van der Waals surface area contributed by atoms with Gasteiger partial charge in [0.15, 0.2) is 14.6 Å². The monoisotopic (exact) mass is 380 g/mol. The minimum Gasteiger partial charge on any atom is -0.403 e. The summed E-state index contributed by atoms with van der Waals surface area (Å²) in [6.07, 6.45) is 0.239. The maximum absolute atomic E-state index is 6.55. The third kappa shape index (κ3) is 5.57. The van der Waals surface area contributed by atoms with E-state index in [-0.39, 0.29) is 17.4 Å². The average molecular weight is 381 g/mol. The summed E-state index contributed by atoms with van der Waals surface area (Å²) in [5.74, 6) is 6.51. The lowest BCUT2D eigenvalue weighted by molar-refractivity contribution is -0.0448. The lowest BCUT2D eigenvalue weighted by Gasteiger charge is -2.38. The zero-order valence-corrected chi connectivity index (χ0v) is 17.7. The molecule has 1 heterocycles. The topological polar surface area (TPSA) is 27.7 Å². The highest BCUT2D eigenvalue weighted by molar-refractivity contribution is 6.74. The third-order valence-corrected chi connectivity index (χ3v) is 9.53. The van der Waals surface area contributed by atoms with E-state index in [4.69, 9.17) is 25.5 Å². The average Bonchev–Trinajstić information content (AvgIpc) is 3.06. The molecule has 0 radical (unpaired) electrons. The summed E-state index contributed by atoms with van der Waals surface area (Å²) in [4.78, 5) is 0. The molecule has 1 fully saturated rings. The van der Waals surface area contributed by atoms with Gasteiger partial charge in [-0.05, 0) is 23.7 Å². The maximum Gasteiger partial charge on any atom is 0.193 e. The van der Waals surface area contributed by atoms with Crippen LogP contribution in [0.5, 0.6) is 0 Å². The van der Waals surface area contributed by atoms with Gasteiger partial charge in [0.25, 0.3) is 0 Å². The Bertz CT molecular complexity index is 622. The molecule has 1 aliphatic heterocycles. The molecule has 0 N–H and O–H groups in total. The van der Waals surface area contributed by atoms with Crippen LogP contribution in [-0.2, 0) is 20.3 Å². The van der Waals surface area contributed by atoms with Gasteiger partial charge in [-0.25, -0.2) is 0 Å². The van der Waals surface area contributed by atoms with E-state index >= 15 is 0 Å². The van der Waals surface area contributed by atoms with Crippen molar-refractivity contribution < 1.29 is 13.9 Å². The van der Waals surface area contributed by atoms with Crippen LogP contribution in [0.15, 0.2) is 24.3 Å². The lowest BCUT2D eigenvalue weighted by atomic mass is 10.0. The standard InChI is InChI=1S/C20H29ClO3Si/c1-20(2,3)25(4,5)24-17(10-8-12-21)15-16-9-6-7-11-18(16)19-22-13-14-23-19/h6-7,9,11,17,19H,12-15H2,1-5H3. The zero-order valence-electron chi connectivity index (χ0n) is 15.9. The SMILES string of the molecule is CC(C)(C)[Si](C)(C)OC(C#CCCl)Cc1ccccc1C1OCCO1. The first-order valence-corrected chi connectivity index (χ1v) is 12.2. The van der Waals surface area contributed by atoms with Crippen LogP contribution in [-0.4, -0.2) is 33.5 Å². The molecule has 0 aromatic heterocycles. The first-order valence-electron chi connectivity index (χ1n) is 8.78. The molecule has 138 valence electrons. The number of alkyl halides is 1. The molecule has 1 aromatic rings. The van der Waals surface area contributed by atoms with Gasteiger partial charge in [0.05, 0.1) is 19.1 Å². The Kier molecular flexibility index (Phi) is 7.13. The molecule has 1 unspecified atom stereocenters. The van der Waals surface area contributed by atoms with Crippen molar-refractivity contribution in [3.8, 4) is 11.8 Å². The van der Waals surface area contributed by atoms with Crippen LogP contribution in [0.2, 0.25) is 18.1 Å². The molecule has 2 rings (SSSR count). The number of hydrogen-bond acceptors (Lipinski definition) is 3. The highest BCUT2D eigenvalue weighted by Crippen LogP contribution is 2.38. The Balaban J connectivity index is 2.23. The second kappa shape index (κ2) is 8.70. The van der Waals surface area contributed by atoms with Gasteiger partial charge in [0.2, 0.25) is 0 Å². The molecule has 1 aromatic carbocycles. The molecular formula is C20H29ClO3Si. The fourth-order valence-corrected chi connectivity index (χ4v) is 3.78. The zero-order chi connectivity index (χ0) is 18.5. The number of halogens is 1. The Morgan fingerprint density at radius 1 is 1.24 bits per heavy atom. The van der Waals surface area contributed by atoms with Crippen molar-refractivity contribution in [1.82, 2.24) is 0 Å². The van der Waals surface area contributed by atoms with E-state index in [9.17, 15) is 0 Å².